The second kappa shape index (κ2) is 4.81. The third kappa shape index (κ3) is 2.92. The molecule has 0 amide bonds. The summed E-state index contributed by atoms with van der Waals surface area (Å²) in [4.78, 5) is 2.53. The Bertz CT molecular complexity index is 204. The molecule has 0 aromatic rings. The van der Waals surface area contributed by atoms with Gasteiger partial charge in [-0.15, -0.1) is 0 Å². The molecule has 2 unspecified atom stereocenters. The average Bonchev–Trinajstić information content (AvgIpc) is 2.63. The third-order valence-corrected chi connectivity index (χ3v) is 3.87. The first-order chi connectivity index (χ1) is 7.22. The summed E-state index contributed by atoms with van der Waals surface area (Å²) in [7, 11) is 0. The first kappa shape index (κ1) is 11.4. The van der Waals surface area contributed by atoms with Crippen molar-refractivity contribution >= 4 is 0 Å². The van der Waals surface area contributed by atoms with Crippen molar-refractivity contribution < 1.29 is 4.74 Å². The summed E-state index contributed by atoms with van der Waals surface area (Å²) in [6.45, 7) is 7.56. The Balaban J connectivity index is 1.76. The topological polar surface area (TPSA) is 38.5 Å². The van der Waals surface area contributed by atoms with E-state index in [1.165, 1.54) is 32.2 Å². The van der Waals surface area contributed by atoms with Crippen LogP contribution in [-0.4, -0.2) is 43.8 Å². The highest BCUT2D eigenvalue weighted by Crippen LogP contribution is 2.29. The van der Waals surface area contributed by atoms with E-state index in [2.05, 4.69) is 11.8 Å². The second-order valence-electron chi connectivity index (χ2n) is 5.49. The molecular weight excluding hydrogens is 188 g/mol. The van der Waals surface area contributed by atoms with Crippen molar-refractivity contribution in [1.82, 2.24) is 4.90 Å². The molecule has 2 aliphatic rings. The van der Waals surface area contributed by atoms with Gasteiger partial charge in [-0.1, -0.05) is 6.92 Å². The van der Waals surface area contributed by atoms with E-state index in [9.17, 15) is 0 Å². The van der Waals surface area contributed by atoms with E-state index in [1.54, 1.807) is 0 Å². The first-order valence-electron chi connectivity index (χ1n) is 6.26. The largest absolute Gasteiger partial charge is 0.377 e. The Hall–Kier alpha value is -0.120. The average molecular weight is 212 g/mol. The van der Waals surface area contributed by atoms with Crippen LogP contribution in [0.2, 0.25) is 0 Å². The number of nitrogens with two attached hydrogens (primary N) is 1. The number of rotatable bonds is 3. The van der Waals surface area contributed by atoms with Crippen LogP contribution >= 0.6 is 0 Å². The van der Waals surface area contributed by atoms with Crippen molar-refractivity contribution in [3.05, 3.63) is 0 Å². The summed E-state index contributed by atoms with van der Waals surface area (Å²) in [6.07, 6.45) is 5.56. The molecule has 0 aliphatic carbocycles. The van der Waals surface area contributed by atoms with E-state index in [-0.39, 0.29) is 0 Å². The summed E-state index contributed by atoms with van der Waals surface area (Å²) in [6, 6.07) is 0. The van der Waals surface area contributed by atoms with Gasteiger partial charge in [-0.3, -0.25) is 0 Å². The van der Waals surface area contributed by atoms with Gasteiger partial charge in [-0.25, -0.2) is 0 Å². The molecule has 2 heterocycles. The molecule has 88 valence electrons. The molecule has 0 spiro atoms. The highest BCUT2D eigenvalue weighted by atomic mass is 16.5. The Morgan fingerprint density at radius 2 is 2.33 bits per heavy atom. The maximum Gasteiger partial charge on any atom is 0.0702 e. The monoisotopic (exact) mass is 212 g/mol. The van der Waals surface area contributed by atoms with Crippen LogP contribution in [0, 0.1) is 5.41 Å². The molecule has 0 aromatic carbocycles. The van der Waals surface area contributed by atoms with Gasteiger partial charge in [0, 0.05) is 19.7 Å². The predicted molar refractivity (Wildman–Crippen MR) is 61.8 cm³/mol. The van der Waals surface area contributed by atoms with E-state index >= 15 is 0 Å². The Kier molecular flexibility index (Phi) is 3.65. The van der Waals surface area contributed by atoms with Crippen molar-refractivity contribution in [2.24, 2.45) is 11.1 Å². The number of hydrogen-bond donors (Lipinski definition) is 1. The molecule has 2 saturated heterocycles. The van der Waals surface area contributed by atoms with Gasteiger partial charge >= 0.3 is 0 Å². The zero-order valence-electron chi connectivity index (χ0n) is 9.87. The minimum atomic E-state index is 0.356. The molecule has 2 aliphatic heterocycles. The van der Waals surface area contributed by atoms with Gasteiger partial charge in [0.25, 0.3) is 0 Å². The summed E-state index contributed by atoms with van der Waals surface area (Å²) < 4.78 is 5.77. The quantitative estimate of drug-likeness (QED) is 0.764. The summed E-state index contributed by atoms with van der Waals surface area (Å²) >= 11 is 0. The zero-order chi connectivity index (χ0) is 10.7. The Labute approximate surface area is 93.0 Å². The van der Waals surface area contributed by atoms with Gasteiger partial charge < -0.3 is 15.4 Å². The molecule has 3 heteroatoms. The van der Waals surface area contributed by atoms with Crippen LogP contribution in [0.15, 0.2) is 0 Å². The lowest BCUT2D eigenvalue weighted by Gasteiger charge is -2.28. The zero-order valence-corrected chi connectivity index (χ0v) is 9.87. The predicted octanol–water partition coefficient (Wildman–Crippen LogP) is 1.23. The van der Waals surface area contributed by atoms with Crippen molar-refractivity contribution in [2.45, 2.75) is 38.7 Å². The smallest absolute Gasteiger partial charge is 0.0702 e. The number of ether oxygens (including phenoxy) is 1. The van der Waals surface area contributed by atoms with Gasteiger partial charge in [0.05, 0.1) is 6.10 Å². The lowest BCUT2D eigenvalue weighted by Crippen LogP contribution is -2.37. The molecule has 2 N–H and O–H groups in total. The summed E-state index contributed by atoms with van der Waals surface area (Å²) in [5.41, 5.74) is 6.16. The Morgan fingerprint density at radius 1 is 1.47 bits per heavy atom. The molecule has 3 nitrogen and oxygen atoms in total. The summed E-state index contributed by atoms with van der Waals surface area (Å²) in [5, 5.41) is 0. The molecule has 2 rings (SSSR count). The van der Waals surface area contributed by atoms with Crippen LogP contribution in [0.5, 0.6) is 0 Å². The van der Waals surface area contributed by atoms with Crippen LogP contribution < -0.4 is 5.73 Å². The molecule has 15 heavy (non-hydrogen) atoms. The van der Waals surface area contributed by atoms with E-state index in [1.807, 2.05) is 0 Å². The van der Waals surface area contributed by atoms with E-state index < -0.39 is 0 Å². The van der Waals surface area contributed by atoms with Crippen molar-refractivity contribution in [3.8, 4) is 0 Å². The fourth-order valence-electron chi connectivity index (χ4n) is 2.69. The SMILES string of the molecule is CC1(CN)CCN(CC2CCCCO2)C1. The fraction of sp³-hybridized carbons (Fsp3) is 1.00. The lowest BCUT2D eigenvalue weighted by molar-refractivity contribution is -0.00320. The number of likely N-dealkylation sites (tertiary alicyclic amines) is 1. The molecule has 0 radical (unpaired) electrons. The van der Waals surface area contributed by atoms with E-state index in [0.29, 0.717) is 11.5 Å². The van der Waals surface area contributed by atoms with Crippen LogP contribution in [0.3, 0.4) is 0 Å². The first-order valence-corrected chi connectivity index (χ1v) is 6.26. The van der Waals surface area contributed by atoms with Gasteiger partial charge in [-0.2, -0.15) is 0 Å². The standard InChI is InChI=1S/C12H24N2O/c1-12(9-13)5-6-14(10-12)8-11-4-2-3-7-15-11/h11H,2-10,13H2,1H3. The minimum absolute atomic E-state index is 0.356. The molecule has 0 bridgehead atoms. The highest BCUT2D eigenvalue weighted by Gasteiger charge is 2.33. The van der Waals surface area contributed by atoms with Crippen LogP contribution in [0.4, 0.5) is 0 Å². The molecule has 0 aromatic heterocycles. The van der Waals surface area contributed by atoms with E-state index in [0.717, 1.165) is 26.2 Å². The van der Waals surface area contributed by atoms with E-state index in [4.69, 9.17) is 10.5 Å². The lowest BCUT2D eigenvalue weighted by atomic mass is 9.90. The number of hydrogen-bond acceptors (Lipinski definition) is 3. The van der Waals surface area contributed by atoms with Gasteiger partial charge in [0.15, 0.2) is 0 Å². The van der Waals surface area contributed by atoms with Crippen LogP contribution in [-0.2, 0) is 4.74 Å². The summed E-state index contributed by atoms with van der Waals surface area (Å²) in [5.74, 6) is 0. The van der Waals surface area contributed by atoms with Crippen molar-refractivity contribution in [3.63, 3.8) is 0 Å². The number of nitrogens with zero attached hydrogens (tertiary/aromatic N) is 1. The van der Waals surface area contributed by atoms with Crippen LogP contribution in [0.25, 0.3) is 0 Å². The minimum Gasteiger partial charge on any atom is -0.377 e. The molecular formula is C12H24N2O. The molecule has 2 fully saturated rings. The maximum absolute atomic E-state index is 5.81. The van der Waals surface area contributed by atoms with Crippen molar-refractivity contribution in [1.29, 1.82) is 0 Å². The van der Waals surface area contributed by atoms with Crippen LogP contribution in [0.1, 0.15) is 32.6 Å². The second-order valence-corrected chi connectivity index (χ2v) is 5.49. The fourth-order valence-corrected chi connectivity index (χ4v) is 2.69. The normalized spacial score (nSPS) is 38.4. The third-order valence-electron chi connectivity index (χ3n) is 3.87. The molecule has 0 saturated carbocycles. The molecule has 2 atom stereocenters. The van der Waals surface area contributed by atoms with Gasteiger partial charge in [0.2, 0.25) is 0 Å². The maximum atomic E-state index is 5.81. The Morgan fingerprint density at radius 3 is 2.93 bits per heavy atom. The van der Waals surface area contributed by atoms with Crippen molar-refractivity contribution in [2.75, 3.05) is 32.8 Å². The van der Waals surface area contributed by atoms with Gasteiger partial charge in [0.1, 0.15) is 0 Å². The van der Waals surface area contributed by atoms with Gasteiger partial charge in [-0.05, 0) is 44.2 Å². The highest BCUT2D eigenvalue weighted by molar-refractivity contribution is 4.88.